The zero-order valence-electron chi connectivity index (χ0n) is 12.9. The third kappa shape index (κ3) is 3.35. The molecule has 0 aliphatic heterocycles. The topological polar surface area (TPSA) is 176 Å². The number of aromatic hydroxyl groups is 2. The molecule has 0 amide bonds. The van der Waals surface area contributed by atoms with Crippen molar-refractivity contribution in [2.75, 3.05) is 0 Å². The summed E-state index contributed by atoms with van der Waals surface area (Å²) in [5.41, 5.74) is -2.74. The molecule has 9 nitrogen and oxygen atoms in total. The summed E-state index contributed by atoms with van der Waals surface area (Å²) in [6, 6.07) is 3.96. The number of phenolic OH excluding ortho intramolecular Hbond substituents is 2. The summed E-state index contributed by atoms with van der Waals surface area (Å²) < 4.78 is 0. The van der Waals surface area contributed by atoms with Gasteiger partial charge in [-0.25, -0.2) is 4.79 Å². The van der Waals surface area contributed by atoms with Crippen LogP contribution >= 0.6 is 0 Å². The predicted molar refractivity (Wildman–Crippen MR) is 82.5 cm³/mol. The molecule has 0 saturated heterocycles. The van der Waals surface area contributed by atoms with Crippen molar-refractivity contribution in [1.82, 2.24) is 0 Å². The highest BCUT2D eigenvalue weighted by Crippen LogP contribution is 2.36. The highest BCUT2D eigenvalue weighted by molar-refractivity contribution is 6.00. The van der Waals surface area contributed by atoms with E-state index in [1.807, 2.05) is 0 Å². The number of carboxylic acids is 1. The van der Waals surface area contributed by atoms with E-state index >= 15 is 0 Å². The molecule has 1 aliphatic carbocycles. The Morgan fingerprint density at radius 2 is 1.76 bits per heavy atom. The number of carbonyl (C=O) groups excluding carboxylic acids is 1. The SMILES string of the molecule is O=C(/C=C/c1cccc(O)c1O)C1[C@@H](O)C(O)[C@H](O)CC1(O)C(=O)O. The van der Waals surface area contributed by atoms with E-state index in [9.17, 15) is 45.3 Å². The largest absolute Gasteiger partial charge is 0.504 e. The van der Waals surface area contributed by atoms with Crippen LogP contribution in [0.15, 0.2) is 24.3 Å². The Kier molecular flexibility index (Phi) is 5.14. The van der Waals surface area contributed by atoms with Crippen LogP contribution in [0.5, 0.6) is 11.5 Å². The molecular weight excluding hydrogens is 336 g/mol. The van der Waals surface area contributed by atoms with Crippen molar-refractivity contribution in [3.05, 3.63) is 29.8 Å². The normalized spacial score (nSPS) is 32.6. The molecule has 1 aromatic carbocycles. The van der Waals surface area contributed by atoms with Crippen molar-refractivity contribution in [3.63, 3.8) is 0 Å². The molecule has 0 spiro atoms. The Bertz CT molecular complexity index is 714. The number of para-hydroxylation sites is 1. The maximum Gasteiger partial charge on any atom is 0.336 e. The van der Waals surface area contributed by atoms with Crippen LogP contribution in [0.3, 0.4) is 0 Å². The average molecular weight is 354 g/mol. The predicted octanol–water partition coefficient (Wildman–Crippen LogP) is -1.40. The van der Waals surface area contributed by atoms with Crippen LogP contribution in [-0.2, 0) is 9.59 Å². The summed E-state index contributed by atoms with van der Waals surface area (Å²) in [6.07, 6.45) is -4.53. The van der Waals surface area contributed by atoms with Gasteiger partial charge in [0.15, 0.2) is 22.9 Å². The van der Waals surface area contributed by atoms with E-state index in [2.05, 4.69) is 0 Å². The number of carboxylic acid groups (broad SMARTS) is 1. The number of ketones is 1. The van der Waals surface area contributed by atoms with Gasteiger partial charge in [0.05, 0.1) is 18.1 Å². The molecule has 1 aromatic rings. The second-order valence-corrected chi connectivity index (χ2v) is 5.91. The number of hydrogen-bond donors (Lipinski definition) is 7. The molecule has 25 heavy (non-hydrogen) atoms. The number of aliphatic hydroxyl groups is 4. The Labute approximate surface area is 141 Å². The number of allylic oxidation sites excluding steroid dienone is 1. The number of benzene rings is 1. The van der Waals surface area contributed by atoms with Gasteiger partial charge >= 0.3 is 5.97 Å². The fraction of sp³-hybridized carbons (Fsp3) is 0.375. The minimum Gasteiger partial charge on any atom is -0.504 e. The van der Waals surface area contributed by atoms with E-state index in [0.29, 0.717) is 0 Å². The Morgan fingerprint density at radius 3 is 2.36 bits per heavy atom. The number of phenols is 2. The summed E-state index contributed by atoms with van der Waals surface area (Å²) in [6.45, 7) is 0. The van der Waals surface area contributed by atoms with Crippen LogP contribution in [0.25, 0.3) is 6.08 Å². The first-order chi connectivity index (χ1) is 11.6. The Hall–Kier alpha value is -2.46. The molecule has 9 heteroatoms. The van der Waals surface area contributed by atoms with Crippen LogP contribution in [0.2, 0.25) is 0 Å². The molecule has 1 aliphatic rings. The van der Waals surface area contributed by atoms with Crippen molar-refractivity contribution in [2.24, 2.45) is 5.92 Å². The summed E-state index contributed by atoms with van der Waals surface area (Å²) >= 11 is 0. The number of hydrogen-bond acceptors (Lipinski definition) is 8. The first-order valence-corrected chi connectivity index (χ1v) is 7.32. The van der Waals surface area contributed by atoms with E-state index in [1.54, 1.807) is 0 Å². The van der Waals surface area contributed by atoms with Gasteiger partial charge in [-0.3, -0.25) is 4.79 Å². The van der Waals surface area contributed by atoms with Crippen molar-refractivity contribution in [3.8, 4) is 11.5 Å². The van der Waals surface area contributed by atoms with Gasteiger partial charge in [-0.05, 0) is 18.2 Å². The highest BCUT2D eigenvalue weighted by atomic mass is 16.4. The van der Waals surface area contributed by atoms with Crippen LogP contribution in [-0.4, -0.2) is 71.4 Å². The van der Waals surface area contributed by atoms with Crippen LogP contribution in [0.1, 0.15) is 12.0 Å². The quantitative estimate of drug-likeness (QED) is 0.253. The van der Waals surface area contributed by atoms with Crippen molar-refractivity contribution < 1.29 is 45.3 Å². The van der Waals surface area contributed by atoms with Crippen molar-refractivity contribution >= 4 is 17.8 Å². The monoisotopic (exact) mass is 354 g/mol. The van der Waals surface area contributed by atoms with Gasteiger partial charge in [0.2, 0.25) is 0 Å². The van der Waals surface area contributed by atoms with Gasteiger partial charge < -0.3 is 35.7 Å². The van der Waals surface area contributed by atoms with E-state index in [1.165, 1.54) is 18.2 Å². The van der Waals surface area contributed by atoms with Gasteiger partial charge in [-0.1, -0.05) is 12.1 Å². The molecule has 0 radical (unpaired) electrons. The summed E-state index contributed by atoms with van der Waals surface area (Å²) in [5.74, 6) is -5.75. The van der Waals surface area contributed by atoms with Crippen molar-refractivity contribution in [1.29, 1.82) is 0 Å². The molecule has 0 heterocycles. The van der Waals surface area contributed by atoms with Gasteiger partial charge in [0, 0.05) is 12.0 Å². The van der Waals surface area contributed by atoms with Gasteiger partial charge in [-0.15, -0.1) is 0 Å². The molecule has 7 N–H and O–H groups in total. The third-order valence-electron chi connectivity index (χ3n) is 4.27. The van der Waals surface area contributed by atoms with E-state index in [4.69, 9.17) is 0 Å². The first-order valence-electron chi connectivity index (χ1n) is 7.32. The fourth-order valence-corrected chi connectivity index (χ4v) is 2.86. The molecule has 0 aromatic heterocycles. The first kappa shape index (κ1) is 18.9. The van der Waals surface area contributed by atoms with Gasteiger partial charge in [-0.2, -0.15) is 0 Å². The van der Waals surface area contributed by atoms with Crippen LogP contribution in [0.4, 0.5) is 0 Å². The zero-order chi connectivity index (χ0) is 18.9. The number of aliphatic carboxylic acids is 1. The van der Waals surface area contributed by atoms with Gasteiger partial charge in [0.1, 0.15) is 6.10 Å². The second kappa shape index (κ2) is 6.81. The lowest BCUT2D eigenvalue weighted by atomic mass is 9.69. The second-order valence-electron chi connectivity index (χ2n) is 5.91. The Morgan fingerprint density at radius 1 is 1.12 bits per heavy atom. The fourth-order valence-electron chi connectivity index (χ4n) is 2.86. The summed E-state index contributed by atoms with van der Waals surface area (Å²) in [7, 11) is 0. The number of carbonyl (C=O) groups is 2. The lowest BCUT2D eigenvalue weighted by molar-refractivity contribution is -0.207. The third-order valence-corrected chi connectivity index (χ3v) is 4.27. The van der Waals surface area contributed by atoms with E-state index in [0.717, 1.165) is 12.2 Å². The highest BCUT2D eigenvalue weighted by Gasteiger charge is 2.58. The van der Waals surface area contributed by atoms with E-state index in [-0.39, 0.29) is 5.56 Å². The average Bonchev–Trinajstić information content (AvgIpc) is 2.54. The van der Waals surface area contributed by atoms with E-state index < -0.39 is 59.5 Å². The lowest BCUT2D eigenvalue weighted by Gasteiger charge is -2.43. The summed E-state index contributed by atoms with van der Waals surface area (Å²) in [5, 5.41) is 67.8. The molecule has 0 bridgehead atoms. The maximum absolute atomic E-state index is 12.3. The summed E-state index contributed by atoms with van der Waals surface area (Å²) in [4.78, 5) is 23.7. The standard InChI is InChI=1S/C16H18O9/c17-8(5-4-7-2-1-3-9(18)12(7)20)11-14(22)13(21)10(19)6-16(11,25)15(23)24/h1-5,10-11,13-14,18-22,25H,6H2,(H,23,24)/b5-4+/t10-,11?,13?,14-,16?/m1/s1. The van der Waals surface area contributed by atoms with Crippen LogP contribution in [0, 0.1) is 5.92 Å². The molecule has 1 fully saturated rings. The minimum absolute atomic E-state index is 0.0399. The molecule has 2 rings (SSSR count). The number of rotatable bonds is 4. The molecule has 136 valence electrons. The zero-order valence-corrected chi connectivity index (χ0v) is 12.9. The number of aliphatic hydroxyl groups excluding tert-OH is 3. The van der Waals surface area contributed by atoms with Gasteiger partial charge in [0.25, 0.3) is 0 Å². The molecular formula is C16H18O9. The van der Waals surface area contributed by atoms with Crippen molar-refractivity contribution in [2.45, 2.75) is 30.3 Å². The molecule has 3 unspecified atom stereocenters. The molecule has 1 saturated carbocycles. The Balaban J connectivity index is 2.35. The lowest BCUT2D eigenvalue weighted by Crippen LogP contribution is -2.64. The van der Waals surface area contributed by atoms with Crippen LogP contribution < -0.4 is 0 Å². The maximum atomic E-state index is 12.3. The smallest absolute Gasteiger partial charge is 0.336 e. The molecule has 5 atom stereocenters. The minimum atomic E-state index is -2.78.